The number of rotatable bonds is 6. The molecule has 0 fully saturated rings. The molecule has 0 aliphatic carbocycles. The maximum absolute atomic E-state index is 11.9. The molecule has 0 atom stereocenters. The summed E-state index contributed by atoms with van der Waals surface area (Å²) in [5.41, 5.74) is 0.780. The average molecular weight is 255 g/mol. The highest BCUT2D eigenvalue weighted by molar-refractivity contribution is 5.93. The largest absolute Gasteiger partial charge is 0.388 e. The molecule has 0 unspecified atom stereocenters. The van der Waals surface area contributed by atoms with Crippen LogP contribution < -0.4 is 10.6 Å². The van der Waals surface area contributed by atoms with Gasteiger partial charge in [-0.2, -0.15) is 0 Å². The van der Waals surface area contributed by atoms with E-state index in [-0.39, 0.29) is 23.6 Å². The molecule has 0 aromatic carbocycles. The Balaban J connectivity index is 2.63. The van der Waals surface area contributed by atoms with E-state index in [1.54, 1.807) is 6.92 Å². The lowest BCUT2D eigenvalue weighted by Gasteiger charge is -2.24. The molecule has 1 rings (SSSR count). The quantitative estimate of drug-likeness (QED) is 0.687. The SMILES string of the molecule is CNCC(C)(C)CNC(=O)c1noc(CO)c1C. The number of amides is 1. The third-order valence-corrected chi connectivity index (χ3v) is 2.76. The van der Waals surface area contributed by atoms with Crippen LogP contribution in [0.15, 0.2) is 4.52 Å². The standard InChI is InChI=1S/C12H21N3O3/c1-8-9(5-16)18-15-10(8)11(17)14-7-12(2,3)6-13-4/h13,16H,5-7H2,1-4H3,(H,14,17). The van der Waals surface area contributed by atoms with Gasteiger partial charge in [0.25, 0.3) is 5.91 Å². The van der Waals surface area contributed by atoms with Crippen molar-refractivity contribution in [2.75, 3.05) is 20.1 Å². The van der Waals surface area contributed by atoms with E-state index in [9.17, 15) is 4.79 Å². The fourth-order valence-corrected chi connectivity index (χ4v) is 1.67. The maximum Gasteiger partial charge on any atom is 0.273 e. The summed E-state index contributed by atoms with van der Waals surface area (Å²) in [5, 5.41) is 18.5. The molecule has 1 aromatic rings. The van der Waals surface area contributed by atoms with Crippen LogP contribution in [-0.4, -0.2) is 36.3 Å². The predicted molar refractivity (Wildman–Crippen MR) is 67.2 cm³/mol. The van der Waals surface area contributed by atoms with E-state index >= 15 is 0 Å². The van der Waals surface area contributed by atoms with E-state index in [0.29, 0.717) is 17.9 Å². The van der Waals surface area contributed by atoms with Gasteiger partial charge in [0, 0.05) is 18.7 Å². The summed E-state index contributed by atoms with van der Waals surface area (Å²) in [6, 6.07) is 0. The molecule has 0 radical (unpaired) electrons. The van der Waals surface area contributed by atoms with Crippen molar-refractivity contribution in [3.05, 3.63) is 17.0 Å². The summed E-state index contributed by atoms with van der Waals surface area (Å²) in [6.45, 7) is 6.89. The van der Waals surface area contributed by atoms with Gasteiger partial charge >= 0.3 is 0 Å². The number of hydrogen-bond donors (Lipinski definition) is 3. The van der Waals surface area contributed by atoms with Crippen LogP contribution in [0.3, 0.4) is 0 Å². The molecule has 18 heavy (non-hydrogen) atoms. The van der Waals surface area contributed by atoms with Crippen LogP contribution in [0.1, 0.15) is 35.7 Å². The Kier molecular flexibility index (Phi) is 4.86. The first-order chi connectivity index (χ1) is 8.41. The first-order valence-corrected chi connectivity index (χ1v) is 5.90. The third-order valence-electron chi connectivity index (χ3n) is 2.76. The van der Waals surface area contributed by atoms with Crippen molar-refractivity contribution < 1.29 is 14.4 Å². The van der Waals surface area contributed by atoms with Crippen molar-refractivity contribution in [1.82, 2.24) is 15.8 Å². The molecule has 0 saturated heterocycles. The Labute approximate surface area is 107 Å². The van der Waals surface area contributed by atoms with Crippen LogP contribution >= 0.6 is 0 Å². The fraction of sp³-hybridized carbons (Fsp3) is 0.667. The Hall–Kier alpha value is -1.40. The van der Waals surface area contributed by atoms with Crippen molar-refractivity contribution in [1.29, 1.82) is 0 Å². The zero-order chi connectivity index (χ0) is 13.8. The number of nitrogens with one attached hydrogen (secondary N) is 2. The zero-order valence-corrected chi connectivity index (χ0v) is 11.3. The minimum absolute atomic E-state index is 0.0398. The van der Waals surface area contributed by atoms with Crippen LogP contribution in [0.5, 0.6) is 0 Å². The molecule has 0 spiro atoms. The zero-order valence-electron chi connectivity index (χ0n) is 11.3. The van der Waals surface area contributed by atoms with E-state index in [1.807, 2.05) is 7.05 Å². The van der Waals surface area contributed by atoms with Crippen LogP contribution in [0.4, 0.5) is 0 Å². The monoisotopic (exact) mass is 255 g/mol. The van der Waals surface area contributed by atoms with Gasteiger partial charge in [-0.15, -0.1) is 0 Å². The molecule has 1 aromatic heterocycles. The number of aromatic nitrogens is 1. The van der Waals surface area contributed by atoms with Crippen LogP contribution in [0, 0.1) is 12.3 Å². The molecule has 0 bridgehead atoms. The van der Waals surface area contributed by atoms with Gasteiger partial charge in [0.15, 0.2) is 11.5 Å². The van der Waals surface area contributed by atoms with Crippen molar-refractivity contribution in [2.45, 2.75) is 27.4 Å². The molecule has 0 aliphatic heterocycles. The highest BCUT2D eigenvalue weighted by Crippen LogP contribution is 2.14. The predicted octanol–water partition coefficient (Wildman–Crippen LogP) is 0.451. The molecule has 6 heteroatoms. The fourth-order valence-electron chi connectivity index (χ4n) is 1.67. The minimum Gasteiger partial charge on any atom is -0.388 e. The van der Waals surface area contributed by atoms with Gasteiger partial charge in [0.2, 0.25) is 0 Å². The van der Waals surface area contributed by atoms with Gasteiger partial charge in [0.05, 0.1) is 0 Å². The third kappa shape index (κ3) is 3.54. The summed E-state index contributed by atoms with van der Waals surface area (Å²) in [5.74, 6) is 0.0507. The van der Waals surface area contributed by atoms with E-state index in [1.165, 1.54) is 0 Å². The van der Waals surface area contributed by atoms with Crippen LogP contribution in [0.2, 0.25) is 0 Å². The molecule has 3 N–H and O–H groups in total. The summed E-state index contributed by atoms with van der Waals surface area (Å²) in [6.07, 6.45) is 0. The van der Waals surface area contributed by atoms with Crippen LogP contribution in [-0.2, 0) is 6.61 Å². The summed E-state index contributed by atoms with van der Waals surface area (Å²) >= 11 is 0. The van der Waals surface area contributed by atoms with Crippen molar-refractivity contribution in [2.24, 2.45) is 5.41 Å². The van der Waals surface area contributed by atoms with Crippen molar-refractivity contribution >= 4 is 5.91 Å². The van der Waals surface area contributed by atoms with Crippen molar-refractivity contribution in [3.8, 4) is 0 Å². The Bertz CT molecular complexity index is 413. The van der Waals surface area contributed by atoms with Gasteiger partial charge in [-0.05, 0) is 19.4 Å². The van der Waals surface area contributed by atoms with Gasteiger partial charge in [0.1, 0.15) is 6.61 Å². The first-order valence-electron chi connectivity index (χ1n) is 5.90. The first kappa shape index (κ1) is 14.7. The lowest BCUT2D eigenvalue weighted by Crippen LogP contribution is -2.39. The maximum atomic E-state index is 11.9. The molecular weight excluding hydrogens is 234 g/mol. The summed E-state index contributed by atoms with van der Waals surface area (Å²) < 4.78 is 4.87. The molecule has 0 saturated carbocycles. The molecule has 1 heterocycles. The molecular formula is C12H21N3O3. The summed E-state index contributed by atoms with van der Waals surface area (Å²) in [4.78, 5) is 11.9. The molecule has 6 nitrogen and oxygen atoms in total. The van der Waals surface area contributed by atoms with Gasteiger partial charge in [-0.25, -0.2) is 0 Å². The Morgan fingerprint density at radius 1 is 1.44 bits per heavy atom. The molecule has 102 valence electrons. The number of aliphatic hydroxyl groups excluding tert-OH is 1. The van der Waals surface area contributed by atoms with Crippen LogP contribution in [0.25, 0.3) is 0 Å². The highest BCUT2D eigenvalue weighted by atomic mass is 16.5. The lowest BCUT2D eigenvalue weighted by atomic mass is 9.93. The van der Waals surface area contributed by atoms with E-state index in [0.717, 1.165) is 6.54 Å². The normalized spacial score (nSPS) is 11.6. The van der Waals surface area contributed by atoms with E-state index < -0.39 is 0 Å². The number of aliphatic hydroxyl groups is 1. The highest BCUT2D eigenvalue weighted by Gasteiger charge is 2.22. The minimum atomic E-state index is -0.278. The van der Waals surface area contributed by atoms with Gasteiger partial charge < -0.3 is 20.3 Å². The topological polar surface area (TPSA) is 87.4 Å². The number of carbonyl (C=O) groups is 1. The second-order valence-corrected chi connectivity index (χ2v) is 5.11. The van der Waals surface area contributed by atoms with Gasteiger partial charge in [-0.3, -0.25) is 4.79 Å². The molecule has 0 aliphatic rings. The molecule has 1 amide bonds. The Morgan fingerprint density at radius 3 is 2.61 bits per heavy atom. The second kappa shape index (κ2) is 5.97. The Morgan fingerprint density at radius 2 is 2.11 bits per heavy atom. The smallest absolute Gasteiger partial charge is 0.273 e. The van der Waals surface area contributed by atoms with E-state index in [4.69, 9.17) is 9.63 Å². The van der Waals surface area contributed by atoms with E-state index in [2.05, 4.69) is 29.6 Å². The lowest BCUT2D eigenvalue weighted by molar-refractivity contribution is 0.0926. The number of carbonyl (C=O) groups excluding carboxylic acids is 1. The number of hydrogen-bond acceptors (Lipinski definition) is 5. The van der Waals surface area contributed by atoms with Crippen molar-refractivity contribution in [3.63, 3.8) is 0 Å². The summed E-state index contributed by atoms with van der Waals surface area (Å²) in [7, 11) is 1.87. The second-order valence-electron chi connectivity index (χ2n) is 5.11. The van der Waals surface area contributed by atoms with Gasteiger partial charge in [-0.1, -0.05) is 19.0 Å². The average Bonchev–Trinajstić information content (AvgIpc) is 2.67. The number of nitrogens with zero attached hydrogens (tertiary/aromatic N) is 1.